The van der Waals surface area contributed by atoms with Gasteiger partial charge in [0.15, 0.2) is 0 Å². The summed E-state index contributed by atoms with van der Waals surface area (Å²) in [6.45, 7) is 0.713. The standard InChI is InChI=1S/C16H19Cl2NO3S/c1-23(20,21)22-15-8-19-10-3-5-14(19)16(15)11(7-10)9-2-4-12(17)13(18)6-9/h2,4,6,10-11,14-16H,3,5,7-8H2,1H3/t10-,11+,14+,15?,16-/m0/s1. The van der Waals surface area contributed by atoms with Crippen molar-refractivity contribution < 1.29 is 12.6 Å². The van der Waals surface area contributed by atoms with Gasteiger partial charge in [-0.1, -0.05) is 29.3 Å². The first-order chi connectivity index (χ1) is 10.8. The zero-order chi connectivity index (χ0) is 16.4. The quantitative estimate of drug-likeness (QED) is 0.760. The second-order valence-corrected chi connectivity index (χ2v) is 9.34. The Morgan fingerprint density at radius 1 is 1.22 bits per heavy atom. The van der Waals surface area contributed by atoms with Crippen LogP contribution < -0.4 is 0 Å². The SMILES string of the molecule is CS(=O)(=O)OC1CN2[C@H]3CC[C@@H]2[C@@H]1[C@@H](c1ccc(Cl)c(Cl)c1)C3. The van der Waals surface area contributed by atoms with Crippen LogP contribution in [0.3, 0.4) is 0 Å². The average molecular weight is 376 g/mol. The lowest BCUT2D eigenvalue weighted by atomic mass is 9.77. The molecular formula is C16H19Cl2NO3S. The van der Waals surface area contributed by atoms with Gasteiger partial charge in [-0.2, -0.15) is 8.42 Å². The van der Waals surface area contributed by atoms with Gasteiger partial charge in [0.05, 0.1) is 22.4 Å². The Labute approximate surface area is 146 Å². The molecule has 3 saturated heterocycles. The first-order valence-electron chi connectivity index (χ1n) is 7.92. The zero-order valence-corrected chi connectivity index (χ0v) is 15.1. The van der Waals surface area contributed by atoms with Gasteiger partial charge >= 0.3 is 0 Å². The Morgan fingerprint density at radius 3 is 2.70 bits per heavy atom. The predicted molar refractivity (Wildman–Crippen MR) is 90.5 cm³/mol. The Morgan fingerprint density at radius 2 is 2.00 bits per heavy atom. The van der Waals surface area contributed by atoms with E-state index in [9.17, 15) is 8.42 Å². The van der Waals surface area contributed by atoms with Crippen LogP contribution in [0.5, 0.6) is 0 Å². The minimum Gasteiger partial charge on any atom is -0.294 e. The molecule has 1 aromatic carbocycles. The Bertz CT molecular complexity index is 739. The van der Waals surface area contributed by atoms with Gasteiger partial charge in [-0.15, -0.1) is 0 Å². The van der Waals surface area contributed by atoms with E-state index in [1.807, 2.05) is 18.2 Å². The average Bonchev–Trinajstić information content (AvgIpc) is 2.86. The highest BCUT2D eigenvalue weighted by atomic mass is 35.5. The molecule has 0 amide bonds. The molecule has 3 aliphatic rings. The highest BCUT2D eigenvalue weighted by Crippen LogP contribution is 2.53. The molecule has 0 saturated carbocycles. The van der Waals surface area contributed by atoms with E-state index in [1.54, 1.807) is 0 Å². The van der Waals surface area contributed by atoms with Gasteiger partial charge in [0.2, 0.25) is 0 Å². The van der Waals surface area contributed by atoms with Crippen molar-refractivity contribution in [1.82, 2.24) is 4.90 Å². The first-order valence-corrected chi connectivity index (χ1v) is 10.5. The van der Waals surface area contributed by atoms with Crippen LogP contribution in [0.15, 0.2) is 18.2 Å². The van der Waals surface area contributed by atoms with Gasteiger partial charge in [-0.3, -0.25) is 9.08 Å². The number of benzene rings is 1. The molecule has 0 spiro atoms. The first kappa shape index (κ1) is 16.2. The molecule has 4 bridgehead atoms. The van der Waals surface area contributed by atoms with E-state index in [1.165, 1.54) is 6.42 Å². The van der Waals surface area contributed by atoms with Crippen LogP contribution in [0.2, 0.25) is 10.0 Å². The van der Waals surface area contributed by atoms with Crippen molar-refractivity contribution in [2.24, 2.45) is 5.92 Å². The van der Waals surface area contributed by atoms with Gasteiger partial charge in [-0.05, 0) is 42.9 Å². The van der Waals surface area contributed by atoms with Crippen molar-refractivity contribution in [3.05, 3.63) is 33.8 Å². The van der Waals surface area contributed by atoms with Crippen molar-refractivity contribution in [3.8, 4) is 0 Å². The molecule has 23 heavy (non-hydrogen) atoms. The molecule has 7 heteroatoms. The molecule has 1 aromatic rings. The van der Waals surface area contributed by atoms with Crippen molar-refractivity contribution in [2.75, 3.05) is 12.8 Å². The number of rotatable bonds is 3. The summed E-state index contributed by atoms with van der Waals surface area (Å²) >= 11 is 12.2. The Balaban J connectivity index is 1.70. The zero-order valence-electron chi connectivity index (χ0n) is 12.8. The van der Waals surface area contributed by atoms with Crippen molar-refractivity contribution in [3.63, 3.8) is 0 Å². The summed E-state index contributed by atoms with van der Waals surface area (Å²) < 4.78 is 28.7. The van der Waals surface area contributed by atoms with E-state index in [2.05, 4.69) is 4.90 Å². The third-order valence-corrected chi connectivity index (χ3v) is 6.95. The lowest BCUT2D eigenvalue weighted by Gasteiger charge is -2.38. The lowest BCUT2D eigenvalue weighted by molar-refractivity contribution is 0.131. The largest absolute Gasteiger partial charge is 0.294 e. The van der Waals surface area contributed by atoms with E-state index in [0.29, 0.717) is 28.7 Å². The summed E-state index contributed by atoms with van der Waals surface area (Å²) in [5, 5.41) is 1.10. The molecular weight excluding hydrogens is 357 g/mol. The van der Waals surface area contributed by atoms with Gasteiger partial charge < -0.3 is 0 Å². The van der Waals surface area contributed by atoms with Gasteiger partial charge in [0.1, 0.15) is 0 Å². The Kier molecular flexibility index (Phi) is 3.93. The van der Waals surface area contributed by atoms with Crippen LogP contribution in [0.25, 0.3) is 0 Å². The van der Waals surface area contributed by atoms with Crippen LogP contribution in [0.4, 0.5) is 0 Å². The number of hydrogen-bond acceptors (Lipinski definition) is 4. The third kappa shape index (κ3) is 2.81. The molecule has 0 N–H and O–H groups in total. The summed E-state index contributed by atoms with van der Waals surface area (Å²) in [4.78, 5) is 2.45. The van der Waals surface area contributed by atoms with E-state index in [0.717, 1.165) is 24.7 Å². The molecule has 0 radical (unpaired) electrons. The molecule has 3 heterocycles. The maximum absolute atomic E-state index is 11.6. The number of nitrogens with zero attached hydrogens (tertiary/aromatic N) is 1. The summed E-state index contributed by atoms with van der Waals surface area (Å²) in [5.41, 5.74) is 1.14. The maximum atomic E-state index is 11.6. The van der Waals surface area contributed by atoms with Gasteiger partial charge in [0.25, 0.3) is 10.1 Å². The molecule has 4 rings (SSSR count). The molecule has 6 atom stereocenters. The van der Waals surface area contributed by atoms with E-state index < -0.39 is 10.1 Å². The molecule has 2 unspecified atom stereocenters. The summed E-state index contributed by atoms with van der Waals surface area (Å²) in [6.07, 6.45) is 4.21. The fourth-order valence-corrected chi connectivity index (χ4v) is 5.84. The van der Waals surface area contributed by atoms with E-state index >= 15 is 0 Å². The lowest BCUT2D eigenvalue weighted by Crippen LogP contribution is -2.41. The fourth-order valence-electron chi connectivity index (χ4n) is 4.89. The van der Waals surface area contributed by atoms with E-state index in [-0.39, 0.29) is 17.9 Å². The smallest absolute Gasteiger partial charge is 0.264 e. The highest BCUT2D eigenvalue weighted by molar-refractivity contribution is 7.86. The molecule has 3 aliphatic heterocycles. The molecule has 3 fully saturated rings. The maximum Gasteiger partial charge on any atom is 0.264 e. The van der Waals surface area contributed by atoms with Gasteiger partial charge in [-0.25, -0.2) is 0 Å². The Hall–Kier alpha value is -0.330. The molecule has 4 nitrogen and oxygen atoms in total. The molecule has 0 aromatic heterocycles. The second-order valence-electron chi connectivity index (χ2n) is 6.93. The summed E-state index contributed by atoms with van der Waals surface area (Å²) in [5.74, 6) is 0.466. The summed E-state index contributed by atoms with van der Waals surface area (Å²) in [6, 6.07) is 6.71. The van der Waals surface area contributed by atoms with Crippen LogP contribution in [0, 0.1) is 5.92 Å². The van der Waals surface area contributed by atoms with Crippen molar-refractivity contribution in [2.45, 2.75) is 43.4 Å². The monoisotopic (exact) mass is 375 g/mol. The van der Waals surface area contributed by atoms with Crippen LogP contribution in [-0.2, 0) is 14.3 Å². The predicted octanol–water partition coefficient (Wildman–Crippen LogP) is 3.29. The highest BCUT2D eigenvalue weighted by Gasteiger charge is 2.56. The van der Waals surface area contributed by atoms with E-state index in [4.69, 9.17) is 27.4 Å². The number of piperidine rings is 1. The number of halogens is 2. The number of hydrogen-bond donors (Lipinski definition) is 0. The van der Waals surface area contributed by atoms with Crippen LogP contribution in [-0.4, -0.2) is 44.3 Å². The van der Waals surface area contributed by atoms with Crippen LogP contribution >= 0.6 is 23.2 Å². The molecule has 126 valence electrons. The van der Waals surface area contributed by atoms with Crippen molar-refractivity contribution >= 4 is 33.3 Å². The minimum atomic E-state index is -3.46. The van der Waals surface area contributed by atoms with Gasteiger partial charge in [0, 0.05) is 24.5 Å². The van der Waals surface area contributed by atoms with Crippen LogP contribution in [0.1, 0.15) is 30.7 Å². The normalized spacial score (nSPS) is 38.9. The molecule has 0 aliphatic carbocycles. The fraction of sp³-hybridized carbons (Fsp3) is 0.625. The third-order valence-electron chi connectivity index (χ3n) is 5.62. The van der Waals surface area contributed by atoms with Crippen molar-refractivity contribution in [1.29, 1.82) is 0 Å². The second kappa shape index (κ2) is 5.60. The topological polar surface area (TPSA) is 46.6 Å². The summed E-state index contributed by atoms with van der Waals surface area (Å²) in [7, 11) is -3.46. The minimum absolute atomic E-state index is 0.195.